The topological polar surface area (TPSA) is 91.0 Å². The number of nitrogens with one attached hydrogen (secondary N) is 4. The molecule has 1 amide bonds. The number of hydrogen-bond donors (Lipinski definition) is 4. The van der Waals surface area contributed by atoms with Crippen LogP contribution < -0.4 is 21.3 Å². The van der Waals surface area contributed by atoms with Crippen LogP contribution in [0.25, 0.3) is 11.1 Å². The molecule has 0 aliphatic rings. The van der Waals surface area contributed by atoms with Crippen molar-refractivity contribution in [1.29, 1.82) is 0 Å². The molecule has 208 valence electrons. The predicted octanol–water partition coefficient (Wildman–Crippen LogP) is 6.12. The van der Waals surface area contributed by atoms with Crippen LogP contribution in [0, 0.1) is 13.8 Å². The maximum absolute atomic E-state index is 13.0. The van der Waals surface area contributed by atoms with Gasteiger partial charge in [-0.1, -0.05) is 66.2 Å². The molecule has 4 N–H and O–H groups in total. The van der Waals surface area contributed by atoms with Gasteiger partial charge in [-0.25, -0.2) is 4.98 Å². The highest BCUT2D eigenvalue weighted by atomic mass is 16.2. The number of hydrogen-bond acceptors (Lipinski definition) is 6. The fourth-order valence-corrected chi connectivity index (χ4v) is 4.42. The minimum absolute atomic E-state index is 0.00131. The molecule has 0 aliphatic carbocycles. The molecule has 0 spiro atoms. The Morgan fingerprint density at radius 3 is 2.35 bits per heavy atom. The van der Waals surface area contributed by atoms with Gasteiger partial charge >= 0.3 is 0 Å². The van der Waals surface area contributed by atoms with Crippen molar-refractivity contribution in [2.45, 2.75) is 46.1 Å². The van der Waals surface area contributed by atoms with Crippen molar-refractivity contribution >= 4 is 23.4 Å². The van der Waals surface area contributed by atoms with E-state index in [1.54, 1.807) is 0 Å². The Hall–Kier alpha value is -4.23. The van der Waals surface area contributed by atoms with Gasteiger partial charge in [-0.15, -0.1) is 0 Å². The Morgan fingerprint density at radius 1 is 0.900 bits per heavy atom. The maximum atomic E-state index is 13.0. The summed E-state index contributed by atoms with van der Waals surface area (Å²) in [6, 6.07) is 24.5. The molecule has 7 heteroatoms. The Labute approximate surface area is 237 Å². The standard InChI is InChI=1S/C33H40N6O/c1-23-10-16-27(17-11-23)33(3,4)31(40)36-21-25-12-14-26(15-13-25)29-22-37-32(38-28-9-6-8-24(2)20-28)39-30(29)35-19-7-18-34-5/h6,8-17,20,22,34H,7,18-19,21H2,1-5H3,(H,36,40)(H2,35,37,38,39). The van der Waals surface area contributed by atoms with Crippen molar-refractivity contribution in [3.63, 3.8) is 0 Å². The lowest BCUT2D eigenvalue weighted by molar-refractivity contribution is -0.125. The van der Waals surface area contributed by atoms with Gasteiger partial charge in [-0.05, 0) is 82.1 Å². The van der Waals surface area contributed by atoms with Crippen molar-refractivity contribution in [3.8, 4) is 11.1 Å². The second-order valence-corrected chi connectivity index (χ2v) is 10.7. The fraction of sp³-hybridized carbons (Fsp3) is 0.303. The molecule has 0 saturated heterocycles. The number of benzene rings is 3. The Kier molecular flexibility index (Phi) is 9.51. The van der Waals surface area contributed by atoms with Crippen molar-refractivity contribution in [2.24, 2.45) is 0 Å². The van der Waals surface area contributed by atoms with Crippen LogP contribution in [0.1, 0.15) is 42.5 Å². The molecule has 7 nitrogen and oxygen atoms in total. The summed E-state index contributed by atoms with van der Waals surface area (Å²) in [7, 11) is 1.95. The van der Waals surface area contributed by atoms with E-state index < -0.39 is 5.41 Å². The zero-order valence-corrected chi connectivity index (χ0v) is 24.1. The first-order chi connectivity index (χ1) is 19.3. The van der Waals surface area contributed by atoms with Gasteiger partial charge < -0.3 is 21.3 Å². The number of carbonyl (C=O) groups excluding carboxylic acids is 1. The summed E-state index contributed by atoms with van der Waals surface area (Å²) in [5, 5.41) is 13.1. The van der Waals surface area contributed by atoms with Gasteiger partial charge in [-0.3, -0.25) is 4.79 Å². The van der Waals surface area contributed by atoms with Crippen molar-refractivity contribution in [2.75, 3.05) is 30.8 Å². The summed E-state index contributed by atoms with van der Waals surface area (Å²) in [4.78, 5) is 22.4. The molecule has 4 rings (SSSR count). The third kappa shape index (κ3) is 7.45. The number of anilines is 3. The monoisotopic (exact) mass is 536 g/mol. The van der Waals surface area contributed by atoms with E-state index in [0.29, 0.717) is 12.5 Å². The summed E-state index contributed by atoms with van der Waals surface area (Å²) < 4.78 is 0. The number of amides is 1. The van der Waals surface area contributed by atoms with Gasteiger partial charge in [0.1, 0.15) is 5.82 Å². The van der Waals surface area contributed by atoms with E-state index in [1.807, 2.05) is 82.5 Å². The van der Waals surface area contributed by atoms with E-state index in [9.17, 15) is 4.79 Å². The summed E-state index contributed by atoms with van der Waals surface area (Å²) in [6.07, 6.45) is 2.82. The molecule has 40 heavy (non-hydrogen) atoms. The van der Waals surface area contributed by atoms with Gasteiger partial charge in [0.15, 0.2) is 0 Å². The summed E-state index contributed by atoms with van der Waals surface area (Å²) in [5.41, 5.74) is 6.64. The maximum Gasteiger partial charge on any atom is 0.230 e. The lowest BCUT2D eigenvalue weighted by atomic mass is 9.83. The van der Waals surface area contributed by atoms with E-state index in [4.69, 9.17) is 4.98 Å². The van der Waals surface area contributed by atoms with E-state index >= 15 is 0 Å². The van der Waals surface area contributed by atoms with Crippen molar-refractivity contribution < 1.29 is 4.79 Å². The first-order valence-electron chi connectivity index (χ1n) is 13.8. The van der Waals surface area contributed by atoms with Gasteiger partial charge in [0.05, 0.1) is 5.41 Å². The molecule has 0 radical (unpaired) electrons. The smallest absolute Gasteiger partial charge is 0.230 e. The third-order valence-corrected chi connectivity index (χ3v) is 7.02. The Balaban J connectivity index is 1.47. The van der Waals surface area contributed by atoms with Crippen LogP contribution in [0.2, 0.25) is 0 Å². The van der Waals surface area contributed by atoms with Gasteiger partial charge in [-0.2, -0.15) is 4.98 Å². The van der Waals surface area contributed by atoms with Crippen LogP contribution in [0.15, 0.2) is 79.0 Å². The number of aromatic nitrogens is 2. The lowest BCUT2D eigenvalue weighted by Gasteiger charge is -2.24. The molecule has 0 unspecified atom stereocenters. The number of aryl methyl sites for hydroxylation is 2. The molecule has 3 aromatic carbocycles. The number of carbonyl (C=O) groups is 1. The van der Waals surface area contributed by atoms with Crippen LogP contribution in [0.3, 0.4) is 0 Å². The third-order valence-electron chi connectivity index (χ3n) is 7.02. The second kappa shape index (κ2) is 13.2. The molecule has 0 saturated carbocycles. The average Bonchev–Trinajstić information content (AvgIpc) is 2.95. The summed E-state index contributed by atoms with van der Waals surface area (Å²) in [5.74, 6) is 1.32. The van der Waals surface area contributed by atoms with Crippen LogP contribution in [0.5, 0.6) is 0 Å². The highest BCUT2D eigenvalue weighted by Gasteiger charge is 2.29. The molecule has 0 bridgehead atoms. The zero-order valence-electron chi connectivity index (χ0n) is 24.1. The molecule has 0 atom stereocenters. The fourth-order valence-electron chi connectivity index (χ4n) is 4.42. The Morgan fingerprint density at radius 2 is 1.65 bits per heavy atom. The summed E-state index contributed by atoms with van der Waals surface area (Å²) in [6.45, 7) is 10.2. The largest absolute Gasteiger partial charge is 0.369 e. The minimum Gasteiger partial charge on any atom is -0.369 e. The molecule has 4 aromatic rings. The first-order valence-corrected chi connectivity index (χ1v) is 13.8. The molecule has 0 fully saturated rings. The van der Waals surface area contributed by atoms with Gasteiger partial charge in [0.2, 0.25) is 11.9 Å². The zero-order chi connectivity index (χ0) is 28.5. The van der Waals surface area contributed by atoms with E-state index in [2.05, 4.69) is 57.4 Å². The van der Waals surface area contributed by atoms with Crippen molar-refractivity contribution in [1.82, 2.24) is 20.6 Å². The SMILES string of the molecule is CNCCCNc1nc(Nc2cccc(C)c2)ncc1-c1ccc(CNC(=O)C(C)(C)c2ccc(C)cc2)cc1. The van der Waals surface area contributed by atoms with Crippen LogP contribution in [0.4, 0.5) is 17.5 Å². The Bertz CT molecular complexity index is 1410. The lowest BCUT2D eigenvalue weighted by Crippen LogP contribution is -2.39. The van der Waals surface area contributed by atoms with Crippen LogP contribution in [-0.4, -0.2) is 36.0 Å². The van der Waals surface area contributed by atoms with Crippen LogP contribution in [-0.2, 0) is 16.8 Å². The second-order valence-electron chi connectivity index (χ2n) is 10.7. The highest BCUT2D eigenvalue weighted by Crippen LogP contribution is 2.28. The number of rotatable bonds is 12. The van der Waals surface area contributed by atoms with Gasteiger partial charge in [0, 0.05) is 30.5 Å². The van der Waals surface area contributed by atoms with Gasteiger partial charge in [0.25, 0.3) is 0 Å². The highest BCUT2D eigenvalue weighted by molar-refractivity contribution is 5.87. The normalized spacial score (nSPS) is 11.2. The van der Waals surface area contributed by atoms with Crippen molar-refractivity contribution in [3.05, 3.63) is 101 Å². The quantitative estimate of drug-likeness (QED) is 0.163. The van der Waals surface area contributed by atoms with E-state index in [1.165, 1.54) is 11.1 Å². The molecular weight excluding hydrogens is 496 g/mol. The van der Waals surface area contributed by atoms with E-state index in [0.717, 1.165) is 53.3 Å². The molecule has 0 aliphatic heterocycles. The molecular formula is C33H40N6O. The average molecular weight is 537 g/mol. The van der Waals surface area contributed by atoms with Crippen LogP contribution >= 0.6 is 0 Å². The minimum atomic E-state index is -0.618. The first kappa shape index (κ1) is 28.8. The molecule has 1 heterocycles. The summed E-state index contributed by atoms with van der Waals surface area (Å²) >= 11 is 0. The number of nitrogens with zero attached hydrogens (tertiary/aromatic N) is 2. The predicted molar refractivity (Wildman–Crippen MR) is 165 cm³/mol. The van der Waals surface area contributed by atoms with E-state index in [-0.39, 0.29) is 5.91 Å². The molecule has 1 aromatic heterocycles.